The Hall–Kier alpha value is -2.43. The first-order valence-corrected chi connectivity index (χ1v) is 7.94. The monoisotopic (exact) mass is 310 g/mol. The van der Waals surface area contributed by atoms with E-state index in [4.69, 9.17) is 0 Å². The van der Waals surface area contributed by atoms with Crippen molar-refractivity contribution in [2.45, 2.75) is 13.3 Å². The second-order valence-electron chi connectivity index (χ2n) is 6.68. The van der Waals surface area contributed by atoms with Crippen molar-refractivity contribution < 1.29 is 14.4 Å². The molecule has 2 bridgehead atoms. The number of fused-ring (bicyclic) bond motifs is 5. The molecule has 1 N–H and O–H groups in total. The van der Waals surface area contributed by atoms with Crippen molar-refractivity contribution in [3.8, 4) is 0 Å². The highest BCUT2D eigenvalue weighted by Gasteiger charge is 2.59. The second kappa shape index (κ2) is 5.05. The molecule has 3 amide bonds. The summed E-state index contributed by atoms with van der Waals surface area (Å²) in [7, 11) is 0. The summed E-state index contributed by atoms with van der Waals surface area (Å²) in [4.78, 5) is 38.4. The fourth-order valence-corrected chi connectivity index (χ4v) is 4.19. The Morgan fingerprint density at radius 3 is 2.43 bits per heavy atom. The quantitative estimate of drug-likeness (QED) is 0.683. The van der Waals surface area contributed by atoms with Gasteiger partial charge in [-0.1, -0.05) is 24.3 Å². The number of anilines is 1. The molecular formula is C18H18N2O3. The van der Waals surface area contributed by atoms with E-state index in [1.54, 1.807) is 6.07 Å². The molecule has 4 atom stereocenters. The minimum absolute atomic E-state index is 0.172. The molecule has 23 heavy (non-hydrogen) atoms. The van der Waals surface area contributed by atoms with Gasteiger partial charge < -0.3 is 5.32 Å². The van der Waals surface area contributed by atoms with Crippen LogP contribution in [-0.2, 0) is 14.4 Å². The van der Waals surface area contributed by atoms with Crippen LogP contribution < -0.4 is 5.32 Å². The Balaban J connectivity index is 1.46. The highest BCUT2D eigenvalue weighted by atomic mass is 16.2. The number of nitrogens with one attached hydrogen (secondary N) is 1. The van der Waals surface area contributed by atoms with Crippen LogP contribution in [0.1, 0.15) is 12.0 Å². The highest BCUT2D eigenvalue weighted by Crippen LogP contribution is 2.52. The van der Waals surface area contributed by atoms with Crippen molar-refractivity contribution >= 4 is 23.4 Å². The van der Waals surface area contributed by atoms with Crippen LogP contribution in [0.15, 0.2) is 36.4 Å². The summed E-state index contributed by atoms with van der Waals surface area (Å²) in [6.45, 7) is 1.74. The van der Waals surface area contributed by atoms with Crippen LogP contribution in [0.2, 0.25) is 0 Å². The zero-order chi connectivity index (χ0) is 16.1. The molecule has 0 aromatic heterocycles. The maximum atomic E-state index is 12.5. The lowest BCUT2D eigenvalue weighted by Crippen LogP contribution is -2.39. The largest absolute Gasteiger partial charge is 0.325 e. The number of benzene rings is 1. The van der Waals surface area contributed by atoms with Gasteiger partial charge >= 0.3 is 0 Å². The average Bonchev–Trinajstić information content (AvgIpc) is 3.17. The van der Waals surface area contributed by atoms with E-state index in [9.17, 15) is 14.4 Å². The van der Waals surface area contributed by atoms with E-state index in [1.165, 1.54) is 0 Å². The summed E-state index contributed by atoms with van der Waals surface area (Å²) in [6.07, 6.45) is 5.00. The Morgan fingerprint density at radius 2 is 1.83 bits per heavy atom. The molecule has 1 heterocycles. The van der Waals surface area contributed by atoms with Gasteiger partial charge in [-0.2, -0.15) is 0 Å². The third kappa shape index (κ3) is 2.19. The molecule has 5 heteroatoms. The van der Waals surface area contributed by atoms with Crippen LogP contribution in [-0.4, -0.2) is 29.2 Å². The molecule has 1 saturated heterocycles. The molecule has 118 valence electrons. The summed E-state index contributed by atoms with van der Waals surface area (Å²) < 4.78 is 0. The smallest absolute Gasteiger partial charge is 0.244 e. The highest BCUT2D eigenvalue weighted by molar-refractivity contribution is 6.09. The number of carbonyl (C=O) groups excluding carboxylic acids is 3. The first-order chi connectivity index (χ1) is 11.0. The third-order valence-corrected chi connectivity index (χ3v) is 5.17. The standard InChI is InChI=1S/C18H18N2O3/c1-10-3-2-4-13(7-10)19-14(21)9-20-17(22)15-11-5-6-12(8-11)16(15)18(20)23/h2-7,11-12,15-16H,8-9H2,1H3,(H,19,21)/t11-,12-,15+,16+/m0/s1. The number of hydrogen-bond donors (Lipinski definition) is 1. The van der Waals surface area contributed by atoms with Crippen LogP contribution >= 0.6 is 0 Å². The fraction of sp³-hybridized carbons (Fsp3) is 0.389. The number of nitrogens with zero attached hydrogens (tertiary/aromatic N) is 1. The molecule has 1 aromatic rings. The van der Waals surface area contributed by atoms with Crippen molar-refractivity contribution in [3.63, 3.8) is 0 Å². The zero-order valence-electron chi connectivity index (χ0n) is 12.9. The van der Waals surface area contributed by atoms with Gasteiger partial charge in [-0.3, -0.25) is 19.3 Å². The molecule has 5 nitrogen and oxygen atoms in total. The predicted octanol–water partition coefficient (Wildman–Crippen LogP) is 1.74. The summed E-state index contributed by atoms with van der Waals surface area (Å²) in [6, 6.07) is 7.43. The van der Waals surface area contributed by atoms with E-state index >= 15 is 0 Å². The maximum Gasteiger partial charge on any atom is 0.244 e. The molecule has 1 aliphatic heterocycles. The first-order valence-electron chi connectivity index (χ1n) is 7.94. The number of aryl methyl sites for hydroxylation is 1. The van der Waals surface area contributed by atoms with Crippen LogP contribution in [0.3, 0.4) is 0 Å². The molecule has 2 fully saturated rings. The SMILES string of the molecule is Cc1cccc(NC(=O)CN2C(=O)[C@H]3[C@H](C2=O)[C@H]2C=C[C@H]3C2)c1. The third-order valence-electron chi connectivity index (χ3n) is 5.17. The molecule has 2 aliphatic carbocycles. The molecule has 4 rings (SSSR count). The number of rotatable bonds is 3. The van der Waals surface area contributed by atoms with Gasteiger partial charge in [-0.15, -0.1) is 0 Å². The number of carbonyl (C=O) groups is 3. The van der Waals surface area contributed by atoms with Gasteiger partial charge in [0, 0.05) is 5.69 Å². The number of allylic oxidation sites excluding steroid dienone is 2. The lowest BCUT2D eigenvalue weighted by atomic mass is 9.85. The van der Waals surface area contributed by atoms with Gasteiger partial charge in [0.15, 0.2) is 0 Å². The van der Waals surface area contributed by atoms with Gasteiger partial charge in [-0.05, 0) is 42.9 Å². The van der Waals surface area contributed by atoms with Crippen LogP contribution in [0, 0.1) is 30.6 Å². The van der Waals surface area contributed by atoms with Gasteiger partial charge in [0.2, 0.25) is 17.7 Å². The Bertz CT molecular complexity index is 710. The van der Waals surface area contributed by atoms with Crippen molar-refractivity contribution in [1.82, 2.24) is 4.90 Å². The van der Waals surface area contributed by atoms with Crippen LogP contribution in [0.5, 0.6) is 0 Å². The normalized spacial score (nSPS) is 30.9. The van der Waals surface area contributed by atoms with E-state index in [0.717, 1.165) is 16.9 Å². The molecule has 0 spiro atoms. The number of imide groups is 1. The Labute approximate surface area is 134 Å². The molecule has 3 aliphatic rings. The Kier molecular flexibility index (Phi) is 3.11. The summed E-state index contributed by atoms with van der Waals surface area (Å²) in [5, 5.41) is 2.75. The molecular weight excluding hydrogens is 292 g/mol. The number of amides is 3. The topological polar surface area (TPSA) is 66.5 Å². The molecule has 1 saturated carbocycles. The average molecular weight is 310 g/mol. The van der Waals surface area contributed by atoms with E-state index in [0.29, 0.717) is 5.69 Å². The van der Waals surface area contributed by atoms with Crippen LogP contribution in [0.4, 0.5) is 5.69 Å². The minimum Gasteiger partial charge on any atom is -0.325 e. The van der Waals surface area contributed by atoms with Crippen molar-refractivity contribution in [2.24, 2.45) is 23.7 Å². The summed E-state index contributed by atoms with van der Waals surface area (Å²) in [5.74, 6) is -0.851. The summed E-state index contributed by atoms with van der Waals surface area (Å²) >= 11 is 0. The van der Waals surface area contributed by atoms with E-state index < -0.39 is 0 Å². The minimum atomic E-state index is -0.336. The zero-order valence-corrected chi connectivity index (χ0v) is 12.9. The van der Waals surface area contributed by atoms with Crippen molar-refractivity contribution in [1.29, 1.82) is 0 Å². The fourth-order valence-electron chi connectivity index (χ4n) is 4.19. The van der Waals surface area contributed by atoms with Crippen molar-refractivity contribution in [2.75, 3.05) is 11.9 Å². The molecule has 1 aromatic carbocycles. The number of hydrogen-bond acceptors (Lipinski definition) is 3. The Morgan fingerprint density at radius 1 is 1.17 bits per heavy atom. The van der Waals surface area contributed by atoms with Gasteiger partial charge in [0.25, 0.3) is 0 Å². The second-order valence-corrected chi connectivity index (χ2v) is 6.68. The lowest BCUT2D eigenvalue weighted by molar-refractivity contribution is -0.143. The van der Waals surface area contributed by atoms with Crippen LogP contribution in [0.25, 0.3) is 0 Å². The van der Waals surface area contributed by atoms with E-state index in [2.05, 4.69) is 5.32 Å². The van der Waals surface area contributed by atoms with Gasteiger partial charge in [-0.25, -0.2) is 0 Å². The van der Waals surface area contributed by atoms with Crippen molar-refractivity contribution in [3.05, 3.63) is 42.0 Å². The first kappa shape index (κ1) is 14.2. The molecule has 0 unspecified atom stereocenters. The lowest BCUT2D eigenvalue weighted by Gasteiger charge is -2.16. The van der Waals surface area contributed by atoms with Gasteiger partial charge in [0.05, 0.1) is 11.8 Å². The number of likely N-dealkylation sites (tertiary alicyclic amines) is 1. The van der Waals surface area contributed by atoms with E-state index in [-0.39, 0.29) is 47.9 Å². The van der Waals surface area contributed by atoms with Gasteiger partial charge in [0.1, 0.15) is 6.54 Å². The predicted molar refractivity (Wildman–Crippen MR) is 84.2 cm³/mol. The maximum absolute atomic E-state index is 12.5. The summed E-state index contributed by atoms with van der Waals surface area (Å²) in [5.41, 5.74) is 1.71. The molecule has 0 radical (unpaired) electrons. The van der Waals surface area contributed by atoms with E-state index in [1.807, 2.05) is 37.3 Å².